The van der Waals surface area contributed by atoms with Crippen molar-refractivity contribution in [1.82, 2.24) is 10.3 Å². The average molecular weight is 445 g/mol. The molecule has 0 fully saturated rings. The molecule has 2 aromatic carbocycles. The second-order valence-electron chi connectivity index (χ2n) is 6.39. The van der Waals surface area contributed by atoms with Crippen LogP contribution in [0.25, 0.3) is 0 Å². The van der Waals surface area contributed by atoms with Gasteiger partial charge in [-0.3, -0.25) is 14.3 Å². The fourth-order valence-electron chi connectivity index (χ4n) is 2.57. The normalized spacial score (nSPS) is 11.0. The fraction of sp³-hybridized carbons (Fsp3) is 0.150. The van der Waals surface area contributed by atoms with E-state index >= 15 is 0 Å². The van der Waals surface area contributed by atoms with E-state index in [1.165, 1.54) is 41.8 Å². The van der Waals surface area contributed by atoms with Crippen molar-refractivity contribution in [3.63, 3.8) is 0 Å². The van der Waals surface area contributed by atoms with Crippen molar-refractivity contribution >= 4 is 44.0 Å². The van der Waals surface area contributed by atoms with Crippen molar-refractivity contribution in [1.29, 1.82) is 0 Å². The van der Waals surface area contributed by atoms with Gasteiger partial charge < -0.3 is 10.6 Å². The Hall–Kier alpha value is -3.24. The molecule has 3 N–H and O–H groups in total. The number of anilines is 2. The largest absolute Gasteiger partial charge is 0.352 e. The summed E-state index contributed by atoms with van der Waals surface area (Å²) in [6, 6.07) is 13.0. The predicted molar refractivity (Wildman–Crippen MR) is 116 cm³/mol. The van der Waals surface area contributed by atoms with Crippen LogP contribution in [0.3, 0.4) is 0 Å². The van der Waals surface area contributed by atoms with E-state index in [4.69, 9.17) is 0 Å². The molecule has 3 rings (SSSR count). The van der Waals surface area contributed by atoms with Gasteiger partial charge in [-0.25, -0.2) is 13.4 Å². The maximum absolute atomic E-state index is 12.3. The summed E-state index contributed by atoms with van der Waals surface area (Å²) in [5.41, 5.74) is 1.98. The van der Waals surface area contributed by atoms with Crippen LogP contribution < -0.4 is 15.4 Å². The summed E-state index contributed by atoms with van der Waals surface area (Å²) in [6.45, 7) is 2.08. The monoisotopic (exact) mass is 444 g/mol. The molecular weight excluding hydrogens is 424 g/mol. The highest BCUT2D eigenvalue weighted by atomic mass is 32.2. The summed E-state index contributed by atoms with van der Waals surface area (Å²) in [7, 11) is -3.74. The number of nitrogens with zero attached hydrogens (tertiary/aromatic N) is 1. The van der Waals surface area contributed by atoms with E-state index in [0.29, 0.717) is 11.3 Å². The van der Waals surface area contributed by atoms with E-state index in [2.05, 4.69) is 20.3 Å². The Labute approximate surface area is 178 Å². The highest BCUT2D eigenvalue weighted by molar-refractivity contribution is 7.93. The average Bonchev–Trinajstić information content (AvgIpc) is 3.20. The Morgan fingerprint density at radius 2 is 1.87 bits per heavy atom. The molecule has 0 spiro atoms. The number of hydrogen-bond acceptors (Lipinski definition) is 6. The van der Waals surface area contributed by atoms with Gasteiger partial charge in [0.1, 0.15) is 0 Å². The van der Waals surface area contributed by atoms with Gasteiger partial charge in [0.25, 0.3) is 15.9 Å². The number of benzene rings is 2. The van der Waals surface area contributed by atoms with Crippen molar-refractivity contribution in [2.45, 2.75) is 18.2 Å². The maximum Gasteiger partial charge on any atom is 0.263 e. The first-order valence-electron chi connectivity index (χ1n) is 9.00. The fourth-order valence-corrected chi connectivity index (χ4v) is 4.36. The molecule has 0 saturated carbocycles. The number of hydrogen-bond donors (Lipinski definition) is 3. The van der Waals surface area contributed by atoms with Crippen molar-refractivity contribution in [3.05, 3.63) is 71.2 Å². The second kappa shape index (κ2) is 9.51. The molecule has 1 aromatic heterocycles. The Morgan fingerprint density at radius 3 is 2.53 bits per heavy atom. The van der Waals surface area contributed by atoms with Crippen LogP contribution in [0.5, 0.6) is 0 Å². The van der Waals surface area contributed by atoms with Gasteiger partial charge in [-0.1, -0.05) is 17.7 Å². The van der Waals surface area contributed by atoms with E-state index in [0.717, 1.165) is 5.56 Å². The van der Waals surface area contributed by atoms with Gasteiger partial charge in [-0.2, -0.15) is 0 Å². The van der Waals surface area contributed by atoms with Crippen LogP contribution >= 0.6 is 11.3 Å². The number of nitrogens with one attached hydrogen (secondary N) is 3. The zero-order valence-corrected chi connectivity index (χ0v) is 17.7. The molecule has 0 unspecified atom stereocenters. The SMILES string of the molecule is Cc1cccc(C(=O)NCCC(=O)Nc2ccc(S(=O)(=O)Nc3nccs3)cc2)c1. The minimum Gasteiger partial charge on any atom is -0.352 e. The third kappa shape index (κ3) is 5.88. The lowest BCUT2D eigenvalue weighted by Gasteiger charge is -2.09. The first kappa shape index (κ1) is 21.5. The first-order chi connectivity index (χ1) is 14.3. The van der Waals surface area contributed by atoms with E-state index in [-0.39, 0.29) is 34.8 Å². The van der Waals surface area contributed by atoms with Gasteiger partial charge in [0.05, 0.1) is 4.90 Å². The van der Waals surface area contributed by atoms with Crippen molar-refractivity contribution < 1.29 is 18.0 Å². The number of aryl methyl sites for hydroxylation is 1. The van der Waals surface area contributed by atoms with Gasteiger partial charge in [-0.05, 0) is 43.3 Å². The topological polar surface area (TPSA) is 117 Å². The van der Waals surface area contributed by atoms with Crippen LogP contribution in [0.15, 0.2) is 65.0 Å². The van der Waals surface area contributed by atoms with E-state index in [1.807, 2.05) is 13.0 Å². The van der Waals surface area contributed by atoms with Crippen LogP contribution in [0, 0.1) is 6.92 Å². The number of carbonyl (C=O) groups is 2. The van der Waals surface area contributed by atoms with Gasteiger partial charge in [0.2, 0.25) is 5.91 Å². The van der Waals surface area contributed by atoms with Crippen LogP contribution in [0.2, 0.25) is 0 Å². The van der Waals surface area contributed by atoms with Crippen LogP contribution in [0.1, 0.15) is 22.3 Å². The van der Waals surface area contributed by atoms with Crippen molar-refractivity contribution in [2.24, 2.45) is 0 Å². The van der Waals surface area contributed by atoms with Crippen LogP contribution in [0.4, 0.5) is 10.8 Å². The predicted octanol–water partition coefficient (Wildman–Crippen LogP) is 3.01. The third-order valence-corrected chi connectivity index (χ3v) is 6.19. The maximum atomic E-state index is 12.3. The minimum absolute atomic E-state index is 0.0566. The Kier molecular flexibility index (Phi) is 6.80. The van der Waals surface area contributed by atoms with Gasteiger partial charge in [0.15, 0.2) is 5.13 Å². The lowest BCUT2D eigenvalue weighted by Crippen LogP contribution is -2.27. The molecule has 0 atom stereocenters. The number of aromatic nitrogens is 1. The number of amides is 2. The number of thiazole rings is 1. The van der Waals surface area contributed by atoms with Crippen LogP contribution in [-0.4, -0.2) is 31.8 Å². The van der Waals surface area contributed by atoms with Crippen LogP contribution in [-0.2, 0) is 14.8 Å². The molecule has 30 heavy (non-hydrogen) atoms. The summed E-state index contributed by atoms with van der Waals surface area (Å²) in [4.78, 5) is 28.1. The highest BCUT2D eigenvalue weighted by Gasteiger charge is 2.15. The number of sulfonamides is 1. The Morgan fingerprint density at radius 1 is 1.10 bits per heavy atom. The van der Waals surface area contributed by atoms with Gasteiger partial charge >= 0.3 is 0 Å². The summed E-state index contributed by atoms with van der Waals surface area (Å²) in [6.07, 6.45) is 1.59. The summed E-state index contributed by atoms with van der Waals surface area (Å²) in [5.74, 6) is -0.537. The third-order valence-electron chi connectivity index (χ3n) is 4.02. The standard InChI is InChI=1S/C20H20N4O4S2/c1-14-3-2-4-15(13-14)19(26)21-10-9-18(25)23-16-5-7-17(8-6-16)30(27,28)24-20-22-11-12-29-20/h2-8,11-13H,9-10H2,1H3,(H,21,26)(H,22,24)(H,23,25). The minimum atomic E-state index is -3.74. The molecule has 0 saturated heterocycles. The Balaban J connectivity index is 1.49. The van der Waals surface area contributed by atoms with Crippen molar-refractivity contribution in [2.75, 3.05) is 16.6 Å². The zero-order valence-electron chi connectivity index (χ0n) is 16.1. The van der Waals surface area contributed by atoms with E-state index in [9.17, 15) is 18.0 Å². The van der Waals surface area contributed by atoms with Crippen molar-refractivity contribution in [3.8, 4) is 0 Å². The molecule has 0 aliphatic heterocycles. The van der Waals surface area contributed by atoms with E-state index < -0.39 is 10.0 Å². The molecule has 8 nitrogen and oxygen atoms in total. The summed E-state index contributed by atoms with van der Waals surface area (Å²) in [5, 5.41) is 7.32. The molecule has 156 valence electrons. The molecule has 0 radical (unpaired) electrons. The first-order valence-corrected chi connectivity index (χ1v) is 11.4. The summed E-state index contributed by atoms with van der Waals surface area (Å²) >= 11 is 1.18. The molecule has 0 aliphatic rings. The lowest BCUT2D eigenvalue weighted by molar-refractivity contribution is -0.116. The smallest absolute Gasteiger partial charge is 0.263 e. The summed E-state index contributed by atoms with van der Waals surface area (Å²) < 4.78 is 27.0. The lowest BCUT2D eigenvalue weighted by atomic mass is 10.1. The van der Waals surface area contributed by atoms with Gasteiger partial charge in [0, 0.05) is 35.8 Å². The number of carbonyl (C=O) groups excluding carboxylic acids is 2. The highest BCUT2D eigenvalue weighted by Crippen LogP contribution is 2.19. The number of rotatable bonds is 8. The van der Waals surface area contributed by atoms with Gasteiger partial charge in [-0.15, -0.1) is 11.3 Å². The molecule has 0 aliphatic carbocycles. The second-order valence-corrected chi connectivity index (χ2v) is 8.97. The molecule has 2 amide bonds. The Bertz CT molecular complexity index is 1130. The molecule has 3 aromatic rings. The quantitative estimate of drug-likeness (QED) is 0.494. The molecule has 10 heteroatoms. The molecule has 1 heterocycles. The van der Waals surface area contributed by atoms with E-state index in [1.54, 1.807) is 23.6 Å². The molecular formula is C20H20N4O4S2. The zero-order chi connectivity index (χ0) is 21.6. The molecule has 0 bridgehead atoms.